The van der Waals surface area contributed by atoms with Gasteiger partial charge in [0, 0.05) is 11.9 Å². The van der Waals surface area contributed by atoms with Crippen LogP contribution in [0, 0.1) is 5.92 Å². The first kappa shape index (κ1) is 13.2. The zero-order valence-electron chi connectivity index (χ0n) is 10.5. The number of ether oxygens (including phenoxy) is 1. The van der Waals surface area contributed by atoms with E-state index in [9.17, 15) is 4.79 Å². The molecule has 1 aromatic rings. The lowest BCUT2D eigenvalue weighted by Gasteiger charge is -2.26. The van der Waals surface area contributed by atoms with Crippen LogP contribution in [0.4, 0.5) is 0 Å². The topological polar surface area (TPSA) is 38.3 Å². The number of amides is 1. The number of carbonyl (C=O) groups excluding carboxylic acids is 1. The molecule has 4 heteroatoms. The summed E-state index contributed by atoms with van der Waals surface area (Å²) in [5.41, 5.74) is 1.10. The van der Waals surface area contributed by atoms with E-state index >= 15 is 0 Å². The highest BCUT2D eigenvalue weighted by Crippen LogP contribution is 2.26. The summed E-state index contributed by atoms with van der Waals surface area (Å²) in [6, 6.07) is 7.91. The van der Waals surface area contributed by atoms with Gasteiger partial charge in [0.25, 0.3) is 0 Å². The molecule has 1 N–H and O–H groups in total. The standard InChI is InChI=1S/C14H18ClNO2/c1-2-12(8-15)16-14(17)11-7-10-5-3-4-6-13(10)18-9-11/h3-6,11-12H,2,7-9H2,1H3,(H,16,17). The van der Waals surface area contributed by atoms with Crippen LogP contribution in [-0.4, -0.2) is 24.4 Å². The molecular weight excluding hydrogens is 250 g/mol. The molecule has 2 rings (SSSR count). The third kappa shape index (κ3) is 2.96. The molecule has 1 aliphatic rings. The van der Waals surface area contributed by atoms with Gasteiger partial charge in [-0.1, -0.05) is 25.1 Å². The number of alkyl halides is 1. The van der Waals surface area contributed by atoms with Crippen LogP contribution in [-0.2, 0) is 11.2 Å². The van der Waals surface area contributed by atoms with Crippen molar-refractivity contribution in [3.63, 3.8) is 0 Å². The molecule has 1 heterocycles. The largest absolute Gasteiger partial charge is 0.492 e. The van der Waals surface area contributed by atoms with E-state index in [1.54, 1.807) is 0 Å². The van der Waals surface area contributed by atoms with Gasteiger partial charge >= 0.3 is 0 Å². The summed E-state index contributed by atoms with van der Waals surface area (Å²) in [4.78, 5) is 12.1. The van der Waals surface area contributed by atoms with Gasteiger partial charge in [-0.05, 0) is 24.5 Å². The fourth-order valence-corrected chi connectivity index (χ4v) is 2.36. The van der Waals surface area contributed by atoms with Crippen molar-refractivity contribution in [2.24, 2.45) is 5.92 Å². The molecule has 0 radical (unpaired) electrons. The summed E-state index contributed by atoms with van der Waals surface area (Å²) in [5, 5.41) is 2.97. The van der Waals surface area contributed by atoms with Crippen LogP contribution in [0.5, 0.6) is 5.75 Å². The third-order valence-electron chi connectivity index (χ3n) is 3.28. The summed E-state index contributed by atoms with van der Waals surface area (Å²) in [7, 11) is 0. The lowest BCUT2D eigenvalue weighted by atomic mass is 9.96. The minimum absolute atomic E-state index is 0.0389. The Balaban J connectivity index is 1.98. The molecule has 0 saturated carbocycles. The minimum Gasteiger partial charge on any atom is -0.492 e. The Labute approximate surface area is 112 Å². The second kappa shape index (κ2) is 6.10. The Bertz CT molecular complexity index is 418. The summed E-state index contributed by atoms with van der Waals surface area (Å²) >= 11 is 5.79. The van der Waals surface area contributed by atoms with E-state index < -0.39 is 0 Å². The molecule has 0 aromatic heterocycles. The van der Waals surface area contributed by atoms with Crippen LogP contribution in [0.2, 0.25) is 0 Å². The van der Waals surface area contributed by atoms with Gasteiger partial charge in [0.1, 0.15) is 12.4 Å². The van der Waals surface area contributed by atoms with Gasteiger partial charge in [-0.25, -0.2) is 0 Å². The lowest BCUT2D eigenvalue weighted by molar-refractivity contribution is -0.126. The molecule has 1 aliphatic heterocycles. The summed E-state index contributed by atoms with van der Waals surface area (Å²) < 4.78 is 5.61. The van der Waals surface area contributed by atoms with Gasteiger partial charge in [0.15, 0.2) is 0 Å². The van der Waals surface area contributed by atoms with E-state index in [0.717, 1.165) is 24.2 Å². The van der Waals surface area contributed by atoms with Crippen molar-refractivity contribution in [1.29, 1.82) is 0 Å². The average Bonchev–Trinajstić information content (AvgIpc) is 2.44. The Morgan fingerprint density at radius 2 is 2.33 bits per heavy atom. The number of carbonyl (C=O) groups is 1. The molecule has 2 unspecified atom stereocenters. The van der Waals surface area contributed by atoms with Gasteiger partial charge in [-0.15, -0.1) is 11.6 Å². The Morgan fingerprint density at radius 1 is 1.56 bits per heavy atom. The first-order chi connectivity index (χ1) is 8.74. The SMILES string of the molecule is CCC(CCl)NC(=O)C1COc2ccccc2C1. The highest BCUT2D eigenvalue weighted by molar-refractivity contribution is 6.18. The maximum Gasteiger partial charge on any atom is 0.227 e. The second-order valence-corrected chi connectivity index (χ2v) is 4.90. The van der Waals surface area contributed by atoms with E-state index in [2.05, 4.69) is 5.32 Å². The Kier molecular flexibility index (Phi) is 4.48. The van der Waals surface area contributed by atoms with E-state index in [1.165, 1.54) is 0 Å². The molecule has 1 amide bonds. The normalized spacial score (nSPS) is 19.6. The number of rotatable bonds is 4. The number of halogens is 1. The number of para-hydroxylation sites is 1. The Morgan fingerprint density at radius 3 is 3.06 bits per heavy atom. The van der Waals surface area contributed by atoms with Crippen LogP contribution in [0.25, 0.3) is 0 Å². The first-order valence-corrected chi connectivity index (χ1v) is 6.85. The fraction of sp³-hybridized carbons (Fsp3) is 0.500. The molecule has 0 spiro atoms. The molecule has 18 heavy (non-hydrogen) atoms. The van der Waals surface area contributed by atoms with Crippen LogP contribution in [0.1, 0.15) is 18.9 Å². The lowest BCUT2D eigenvalue weighted by Crippen LogP contribution is -2.43. The van der Waals surface area contributed by atoms with Crippen LogP contribution < -0.4 is 10.1 Å². The van der Waals surface area contributed by atoms with Crippen molar-refractivity contribution in [1.82, 2.24) is 5.32 Å². The zero-order valence-corrected chi connectivity index (χ0v) is 11.2. The van der Waals surface area contributed by atoms with E-state index in [4.69, 9.17) is 16.3 Å². The minimum atomic E-state index is -0.114. The molecule has 0 fully saturated rings. The first-order valence-electron chi connectivity index (χ1n) is 6.31. The van der Waals surface area contributed by atoms with Gasteiger partial charge in [-0.2, -0.15) is 0 Å². The van der Waals surface area contributed by atoms with E-state index in [0.29, 0.717) is 12.5 Å². The van der Waals surface area contributed by atoms with Gasteiger partial charge in [-0.3, -0.25) is 4.79 Å². The molecular formula is C14H18ClNO2. The van der Waals surface area contributed by atoms with Gasteiger partial charge in [0.05, 0.1) is 5.92 Å². The highest BCUT2D eigenvalue weighted by Gasteiger charge is 2.26. The predicted molar refractivity (Wildman–Crippen MR) is 72.1 cm³/mol. The molecule has 1 aromatic carbocycles. The van der Waals surface area contributed by atoms with Crippen molar-refractivity contribution in [2.45, 2.75) is 25.8 Å². The van der Waals surface area contributed by atoms with Crippen molar-refractivity contribution in [2.75, 3.05) is 12.5 Å². The quantitative estimate of drug-likeness (QED) is 0.851. The summed E-state index contributed by atoms with van der Waals surface area (Å²) in [6.07, 6.45) is 1.58. The summed E-state index contributed by atoms with van der Waals surface area (Å²) in [5.74, 6) is 1.27. The number of hydrogen-bond donors (Lipinski definition) is 1. The smallest absolute Gasteiger partial charge is 0.227 e. The molecule has 98 valence electrons. The predicted octanol–water partition coefficient (Wildman–Crippen LogP) is 2.37. The fourth-order valence-electron chi connectivity index (χ4n) is 2.07. The van der Waals surface area contributed by atoms with Crippen molar-refractivity contribution < 1.29 is 9.53 Å². The number of nitrogens with one attached hydrogen (secondary N) is 1. The maximum atomic E-state index is 12.1. The van der Waals surface area contributed by atoms with Crippen LogP contribution in [0.15, 0.2) is 24.3 Å². The van der Waals surface area contributed by atoms with Crippen molar-refractivity contribution in [3.8, 4) is 5.75 Å². The number of benzene rings is 1. The number of fused-ring (bicyclic) bond motifs is 1. The monoisotopic (exact) mass is 267 g/mol. The third-order valence-corrected chi connectivity index (χ3v) is 3.65. The maximum absolute atomic E-state index is 12.1. The van der Waals surface area contributed by atoms with Crippen molar-refractivity contribution >= 4 is 17.5 Å². The van der Waals surface area contributed by atoms with Crippen molar-refractivity contribution in [3.05, 3.63) is 29.8 Å². The number of hydrogen-bond acceptors (Lipinski definition) is 2. The van der Waals surface area contributed by atoms with E-state index in [1.807, 2.05) is 31.2 Å². The molecule has 0 bridgehead atoms. The second-order valence-electron chi connectivity index (χ2n) is 4.59. The van der Waals surface area contributed by atoms with Crippen LogP contribution >= 0.6 is 11.6 Å². The molecule has 0 aliphatic carbocycles. The highest BCUT2D eigenvalue weighted by atomic mass is 35.5. The molecule has 0 saturated heterocycles. The average molecular weight is 268 g/mol. The molecule has 2 atom stereocenters. The zero-order chi connectivity index (χ0) is 13.0. The summed E-state index contributed by atoms with van der Waals surface area (Å²) in [6.45, 7) is 2.46. The van der Waals surface area contributed by atoms with E-state index in [-0.39, 0.29) is 17.9 Å². The Hall–Kier alpha value is -1.22. The van der Waals surface area contributed by atoms with Gasteiger partial charge in [0.2, 0.25) is 5.91 Å². The van der Waals surface area contributed by atoms with Gasteiger partial charge < -0.3 is 10.1 Å². The van der Waals surface area contributed by atoms with Crippen LogP contribution in [0.3, 0.4) is 0 Å². The molecule has 3 nitrogen and oxygen atoms in total.